The molecule has 4 rings (SSSR count). The van der Waals surface area contributed by atoms with E-state index < -0.39 is 0 Å². The summed E-state index contributed by atoms with van der Waals surface area (Å²) >= 11 is 5.97. The molecule has 0 saturated carbocycles. The Bertz CT molecular complexity index is 1290. The number of rotatable bonds is 13. The molecule has 1 N–H and O–H groups in total. The van der Waals surface area contributed by atoms with E-state index in [1.54, 1.807) is 24.3 Å². The number of benzene rings is 3. The number of nitrogens with one attached hydrogen (secondary N) is 1. The van der Waals surface area contributed by atoms with Gasteiger partial charge in [0, 0.05) is 23.6 Å². The van der Waals surface area contributed by atoms with Crippen molar-refractivity contribution >= 4 is 28.5 Å². The van der Waals surface area contributed by atoms with Crippen LogP contribution in [0.3, 0.4) is 0 Å². The maximum atomic E-state index is 12.3. The Balaban J connectivity index is 1.29. The Labute approximate surface area is 217 Å². The molecule has 1 heterocycles. The summed E-state index contributed by atoms with van der Waals surface area (Å²) in [6, 6.07) is 23.0. The van der Waals surface area contributed by atoms with Gasteiger partial charge in [0.05, 0.1) is 24.2 Å². The van der Waals surface area contributed by atoms with Crippen molar-refractivity contribution in [2.75, 3.05) is 19.8 Å². The van der Waals surface area contributed by atoms with E-state index in [1.165, 1.54) is 0 Å². The predicted molar refractivity (Wildman–Crippen MR) is 144 cm³/mol. The number of hydrogen-bond acceptors (Lipinski definition) is 4. The molecule has 0 bridgehead atoms. The van der Waals surface area contributed by atoms with E-state index in [1.807, 2.05) is 49.4 Å². The van der Waals surface area contributed by atoms with Crippen LogP contribution in [-0.4, -0.2) is 35.2 Å². The zero-order chi connectivity index (χ0) is 25.2. The first-order chi connectivity index (χ1) is 17.7. The van der Waals surface area contributed by atoms with Crippen LogP contribution in [0.15, 0.2) is 72.8 Å². The van der Waals surface area contributed by atoms with Gasteiger partial charge in [-0.05, 0) is 62.2 Å². The highest BCUT2D eigenvalue weighted by Gasteiger charge is 2.11. The lowest BCUT2D eigenvalue weighted by Gasteiger charge is -2.13. The second-order valence-corrected chi connectivity index (χ2v) is 8.91. The van der Waals surface area contributed by atoms with Crippen LogP contribution in [0.25, 0.3) is 11.0 Å². The van der Waals surface area contributed by atoms with Crippen LogP contribution >= 0.6 is 11.6 Å². The molecule has 0 aliphatic carbocycles. The van der Waals surface area contributed by atoms with Gasteiger partial charge in [0.25, 0.3) is 5.91 Å². The number of fused-ring (bicyclic) bond motifs is 1. The van der Waals surface area contributed by atoms with Crippen molar-refractivity contribution in [1.82, 2.24) is 14.9 Å². The third kappa shape index (κ3) is 6.79. The molecule has 1 amide bonds. The Kier molecular flexibility index (Phi) is 9.22. The third-order valence-corrected chi connectivity index (χ3v) is 6.14. The number of aryl methyl sites for hydroxylation is 1. The molecule has 0 atom stereocenters. The number of aromatic nitrogens is 2. The van der Waals surface area contributed by atoms with Gasteiger partial charge in [-0.15, -0.1) is 0 Å². The average molecular weight is 506 g/mol. The minimum atomic E-state index is -0.0924. The molecule has 0 fully saturated rings. The first-order valence-electron chi connectivity index (χ1n) is 12.5. The Morgan fingerprint density at radius 3 is 2.53 bits per heavy atom. The van der Waals surface area contributed by atoms with Crippen molar-refractivity contribution in [3.63, 3.8) is 0 Å². The molecular formula is C29H32ClN3O3. The van der Waals surface area contributed by atoms with E-state index in [-0.39, 0.29) is 5.91 Å². The van der Waals surface area contributed by atoms with Gasteiger partial charge in [0.1, 0.15) is 12.4 Å². The van der Waals surface area contributed by atoms with Crippen molar-refractivity contribution in [3.8, 4) is 11.5 Å². The molecule has 3 aromatic carbocycles. The van der Waals surface area contributed by atoms with Crippen LogP contribution in [0.2, 0.25) is 5.02 Å². The van der Waals surface area contributed by atoms with E-state index in [9.17, 15) is 4.79 Å². The molecule has 36 heavy (non-hydrogen) atoms. The number of unbranched alkanes of at least 4 members (excludes halogenated alkanes) is 2. The van der Waals surface area contributed by atoms with Gasteiger partial charge in [0.15, 0.2) is 11.5 Å². The lowest BCUT2D eigenvalue weighted by molar-refractivity contribution is 0.0953. The van der Waals surface area contributed by atoms with Crippen molar-refractivity contribution in [3.05, 3.63) is 89.2 Å². The molecule has 0 saturated heterocycles. The van der Waals surface area contributed by atoms with Gasteiger partial charge < -0.3 is 19.4 Å². The van der Waals surface area contributed by atoms with E-state index in [0.717, 1.165) is 54.0 Å². The molecule has 7 heteroatoms. The highest BCUT2D eigenvalue weighted by Crippen LogP contribution is 2.26. The van der Waals surface area contributed by atoms with Gasteiger partial charge in [-0.1, -0.05) is 48.4 Å². The van der Waals surface area contributed by atoms with Crippen LogP contribution < -0.4 is 14.8 Å². The molecule has 6 nitrogen and oxygen atoms in total. The van der Waals surface area contributed by atoms with Crippen LogP contribution in [0.5, 0.6) is 11.5 Å². The normalized spacial score (nSPS) is 10.9. The van der Waals surface area contributed by atoms with Gasteiger partial charge in [-0.25, -0.2) is 4.98 Å². The summed E-state index contributed by atoms with van der Waals surface area (Å²) in [5.74, 6) is 2.48. The summed E-state index contributed by atoms with van der Waals surface area (Å²) in [6.45, 7) is 4.42. The molecule has 0 aliphatic rings. The highest BCUT2D eigenvalue weighted by atomic mass is 35.5. The van der Waals surface area contributed by atoms with E-state index in [2.05, 4.69) is 16.0 Å². The molecule has 0 spiro atoms. The summed E-state index contributed by atoms with van der Waals surface area (Å²) in [5, 5.41) is 3.53. The Morgan fingerprint density at radius 1 is 0.944 bits per heavy atom. The quantitative estimate of drug-likeness (QED) is 0.216. The molecular weight excluding hydrogens is 474 g/mol. The lowest BCUT2D eigenvalue weighted by atomic mass is 10.1. The minimum Gasteiger partial charge on any atom is -0.490 e. The van der Waals surface area contributed by atoms with Crippen molar-refractivity contribution in [2.45, 2.75) is 39.2 Å². The zero-order valence-electron chi connectivity index (χ0n) is 20.6. The summed E-state index contributed by atoms with van der Waals surface area (Å²) in [6.07, 6.45) is 3.76. The second kappa shape index (κ2) is 13.0. The first-order valence-corrected chi connectivity index (χ1v) is 12.9. The molecule has 0 radical (unpaired) electrons. The smallest absolute Gasteiger partial charge is 0.251 e. The number of para-hydroxylation sites is 4. The fourth-order valence-corrected chi connectivity index (χ4v) is 4.37. The largest absolute Gasteiger partial charge is 0.490 e. The fraction of sp³-hybridized carbons (Fsp3) is 0.310. The molecule has 188 valence electrons. The van der Waals surface area contributed by atoms with E-state index >= 15 is 0 Å². The Hall–Kier alpha value is -3.51. The lowest BCUT2D eigenvalue weighted by Crippen LogP contribution is -2.24. The number of carbonyl (C=O) groups excluding carboxylic acids is 1. The summed E-state index contributed by atoms with van der Waals surface area (Å²) in [7, 11) is 0. The third-order valence-electron chi connectivity index (χ3n) is 5.90. The van der Waals surface area contributed by atoms with Gasteiger partial charge >= 0.3 is 0 Å². The number of hydrogen-bond donors (Lipinski definition) is 1. The highest BCUT2D eigenvalue weighted by molar-refractivity contribution is 6.30. The predicted octanol–water partition coefficient (Wildman–Crippen LogP) is 6.31. The summed E-state index contributed by atoms with van der Waals surface area (Å²) < 4.78 is 14.0. The summed E-state index contributed by atoms with van der Waals surface area (Å²) in [4.78, 5) is 17.1. The van der Waals surface area contributed by atoms with Crippen LogP contribution in [0.1, 0.15) is 42.4 Å². The SMILES string of the molecule is CCOc1ccccc1OCCn1c(CCCCCNC(=O)c2cccc(Cl)c2)nc2ccccc21. The van der Waals surface area contributed by atoms with Crippen LogP contribution in [0.4, 0.5) is 0 Å². The number of nitrogens with zero attached hydrogens (tertiary/aromatic N) is 2. The second-order valence-electron chi connectivity index (χ2n) is 8.47. The average Bonchev–Trinajstić information content (AvgIpc) is 3.24. The van der Waals surface area contributed by atoms with Gasteiger partial charge in [-0.2, -0.15) is 0 Å². The van der Waals surface area contributed by atoms with E-state index in [4.69, 9.17) is 26.1 Å². The molecule has 1 aromatic heterocycles. The monoisotopic (exact) mass is 505 g/mol. The number of carbonyl (C=O) groups is 1. The molecule has 0 aliphatic heterocycles. The minimum absolute atomic E-state index is 0.0924. The molecule has 4 aromatic rings. The first kappa shape index (κ1) is 25.6. The standard InChI is InChI=1S/C29H32ClN3O3/c1-2-35-26-15-7-8-16-27(26)36-20-19-33-25-14-6-5-13-24(25)32-28(33)17-4-3-9-18-31-29(34)22-11-10-12-23(30)21-22/h5-8,10-16,21H,2-4,9,17-20H2,1H3,(H,31,34). The number of imidazole rings is 1. The molecule has 0 unspecified atom stereocenters. The maximum Gasteiger partial charge on any atom is 0.251 e. The fourth-order valence-electron chi connectivity index (χ4n) is 4.18. The van der Waals surface area contributed by atoms with Crippen molar-refractivity contribution < 1.29 is 14.3 Å². The number of halogens is 1. The van der Waals surface area contributed by atoms with Crippen molar-refractivity contribution in [2.24, 2.45) is 0 Å². The van der Waals surface area contributed by atoms with Crippen molar-refractivity contribution in [1.29, 1.82) is 0 Å². The maximum absolute atomic E-state index is 12.3. The Morgan fingerprint density at radius 2 is 1.72 bits per heavy atom. The van der Waals surface area contributed by atoms with E-state index in [0.29, 0.717) is 36.9 Å². The van der Waals surface area contributed by atoms with Crippen LogP contribution in [0, 0.1) is 0 Å². The summed E-state index contributed by atoms with van der Waals surface area (Å²) in [5.41, 5.74) is 2.70. The zero-order valence-corrected chi connectivity index (χ0v) is 21.3. The van der Waals surface area contributed by atoms with Crippen LogP contribution in [-0.2, 0) is 13.0 Å². The van der Waals surface area contributed by atoms with Gasteiger partial charge in [0.2, 0.25) is 0 Å². The number of ether oxygens (including phenoxy) is 2. The topological polar surface area (TPSA) is 65.4 Å². The number of amides is 1. The van der Waals surface area contributed by atoms with Gasteiger partial charge in [-0.3, -0.25) is 4.79 Å².